The van der Waals surface area contributed by atoms with E-state index in [0.717, 1.165) is 16.7 Å². The van der Waals surface area contributed by atoms with Crippen LogP contribution in [-0.2, 0) is 10.2 Å². The van der Waals surface area contributed by atoms with E-state index in [1.807, 2.05) is 0 Å². The fourth-order valence-corrected chi connectivity index (χ4v) is 4.23. The van der Waals surface area contributed by atoms with Crippen LogP contribution in [0.5, 0.6) is 5.75 Å². The molecule has 0 radical (unpaired) electrons. The van der Waals surface area contributed by atoms with Gasteiger partial charge < -0.3 is 10.2 Å². The average Bonchev–Trinajstić information content (AvgIpc) is 3.04. The Bertz CT molecular complexity index is 1270. The van der Waals surface area contributed by atoms with Gasteiger partial charge in [-0.25, -0.2) is 13.2 Å². The molecule has 3 aromatic rings. The van der Waals surface area contributed by atoms with Crippen LogP contribution < -0.4 is 0 Å². The number of fused-ring (bicyclic) bond motifs is 1. The van der Waals surface area contributed by atoms with Gasteiger partial charge in [-0.15, -0.1) is 0 Å². The van der Waals surface area contributed by atoms with Crippen molar-refractivity contribution in [1.29, 1.82) is 0 Å². The van der Waals surface area contributed by atoms with Gasteiger partial charge in [-0.3, -0.25) is 14.2 Å². The molecule has 170 valence electrons. The van der Waals surface area contributed by atoms with Crippen LogP contribution in [0, 0.1) is 30.3 Å². The molecule has 0 aliphatic carbocycles. The van der Waals surface area contributed by atoms with Crippen LogP contribution in [0.15, 0.2) is 24.3 Å². The van der Waals surface area contributed by atoms with Gasteiger partial charge in [0, 0.05) is 28.3 Å². The van der Waals surface area contributed by atoms with E-state index in [1.165, 1.54) is 26.0 Å². The molecule has 2 atom stereocenters. The van der Waals surface area contributed by atoms with Crippen LogP contribution in [0.2, 0.25) is 5.02 Å². The molecule has 0 bridgehead atoms. The number of rotatable bonds is 5. The molecule has 1 unspecified atom stereocenters. The summed E-state index contributed by atoms with van der Waals surface area (Å²) in [5, 5.41) is 19.4. The van der Waals surface area contributed by atoms with Crippen molar-refractivity contribution in [2.24, 2.45) is 5.92 Å². The van der Waals surface area contributed by atoms with Gasteiger partial charge in [0.25, 0.3) is 5.91 Å². The Kier molecular flexibility index (Phi) is 6.04. The van der Waals surface area contributed by atoms with Crippen molar-refractivity contribution in [3.05, 3.63) is 63.6 Å². The Hall–Kier alpha value is -3.00. The molecule has 0 fully saturated rings. The van der Waals surface area contributed by atoms with Gasteiger partial charge in [-0.05, 0) is 38.0 Å². The molecule has 3 rings (SSSR count). The second-order valence-electron chi connectivity index (χ2n) is 7.96. The zero-order valence-corrected chi connectivity index (χ0v) is 18.5. The number of carboxylic acid groups (broad SMARTS) is 1. The predicted molar refractivity (Wildman–Crippen MR) is 114 cm³/mol. The van der Waals surface area contributed by atoms with Crippen molar-refractivity contribution in [2.45, 2.75) is 39.5 Å². The number of carboxylic acids is 1. The first-order valence-electron chi connectivity index (χ1n) is 9.83. The fraction of sp³-hybridized carbons (Fsp3) is 0.304. The highest BCUT2D eigenvalue weighted by Gasteiger charge is 2.45. The molecule has 2 N–H and O–H groups in total. The zero-order valence-electron chi connectivity index (χ0n) is 17.8. The Labute approximate surface area is 187 Å². The minimum absolute atomic E-state index is 0.0365. The summed E-state index contributed by atoms with van der Waals surface area (Å²) in [6.07, 6.45) is 0.403. The van der Waals surface area contributed by atoms with E-state index in [-0.39, 0.29) is 32.7 Å². The van der Waals surface area contributed by atoms with Crippen LogP contribution in [-0.4, -0.2) is 26.7 Å². The number of aliphatic carboxylic acids is 1. The SMILES string of the molecule is CCC(C)[C@@](C)(C(=O)O)c1c(C)n(C(=O)c2ccc(Cl)c(F)c2)c2cc(F)c(O)c(F)c12. The van der Waals surface area contributed by atoms with E-state index in [9.17, 15) is 28.6 Å². The molecular formula is C23H21ClF3NO4. The van der Waals surface area contributed by atoms with E-state index in [4.69, 9.17) is 11.6 Å². The Morgan fingerprint density at radius 2 is 1.81 bits per heavy atom. The second kappa shape index (κ2) is 8.16. The molecule has 0 saturated heterocycles. The van der Waals surface area contributed by atoms with Crippen LogP contribution in [0.4, 0.5) is 13.2 Å². The molecule has 1 heterocycles. The number of nitrogens with zero attached hydrogens (tertiary/aromatic N) is 1. The van der Waals surface area contributed by atoms with E-state index in [2.05, 4.69) is 0 Å². The first-order chi connectivity index (χ1) is 14.9. The van der Waals surface area contributed by atoms with Gasteiger partial charge in [-0.1, -0.05) is 31.9 Å². The molecule has 1 aromatic heterocycles. The largest absolute Gasteiger partial charge is 0.503 e. The maximum atomic E-state index is 15.2. The van der Waals surface area contributed by atoms with Gasteiger partial charge in [0.2, 0.25) is 0 Å². The quantitative estimate of drug-likeness (QED) is 0.496. The number of carbonyl (C=O) groups is 2. The fourth-order valence-electron chi connectivity index (χ4n) is 4.11. The highest BCUT2D eigenvalue weighted by Crippen LogP contribution is 2.45. The highest BCUT2D eigenvalue weighted by atomic mass is 35.5. The summed E-state index contributed by atoms with van der Waals surface area (Å²) in [6, 6.07) is 4.05. The number of carbonyl (C=O) groups excluding carboxylic acids is 1. The molecule has 0 aliphatic heterocycles. The van der Waals surface area contributed by atoms with Crippen molar-refractivity contribution >= 4 is 34.4 Å². The van der Waals surface area contributed by atoms with Crippen molar-refractivity contribution in [1.82, 2.24) is 4.57 Å². The Morgan fingerprint density at radius 1 is 1.19 bits per heavy atom. The lowest BCUT2D eigenvalue weighted by molar-refractivity contribution is -0.145. The van der Waals surface area contributed by atoms with E-state index in [1.54, 1.807) is 13.8 Å². The smallest absolute Gasteiger partial charge is 0.314 e. The predicted octanol–water partition coefficient (Wildman–Crippen LogP) is 5.80. The highest BCUT2D eigenvalue weighted by molar-refractivity contribution is 6.30. The maximum Gasteiger partial charge on any atom is 0.314 e. The molecule has 0 aliphatic rings. The standard InChI is InChI=1S/C23H21ClF3NO4/c1-5-10(2)23(4,22(31)32)18-11(3)28(16-9-15(26)20(29)19(27)17(16)18)21(30)12-6-7-13(24)14(25)8-12/h6-10,29H,5H2,1-4H3,(H,31,32)/t10?,23-/m1/s1. The monoisotopic (exact) mass is 467 g/mol. The summed E-state index contributed by atoms with van der Waals surface area (Å²) in [5.74, 6) is -7.47. The number of aromatic hydroxyl groups is 1. The normalized spacial score (nSPS) is 14.4. The number of phenols is 1. The number of aromatic nitrogens is 1. The average molecular weight is 468 g/mol. The number of benzene rings is 2. The third-order valence-corrected chi connectivity index (χ3v) is 6.60. The molecule has 32 heavy (non-hydrogen) atoms. The lowest BCUT2D eigenvalue weighted by Gasteiger charge is -2.32. The lowest BCUT2D eigenvalue weighted by Crippen LogP contribution is -2.39. The number of hydrogen-bond donors (Lipinski definition) is 2. The molecular weight excluding hydrogens is 447 g/mol. The summed E-state index contributed by atoms with van der Waals surface area (Å²) in [6.45, 7) is 6.21. The summed E-state index contributed by atoms with van der Waals surface area (Å²) in [7, 11) is 0. The van der Waals surface area contributed by atoms with Gasteiger partial charge in [0.15, 0.2) is 17.4 Å². The Morgan fingerprint density at radius 3 is 2.34 bits per heavy atom. The summed E-state index contributed by atoms with van der Waals surface area (Å²) >= 11 is 5.68. The second-order valence-corrected chi connectivity index (χ2v) is 8.37. The van der Waals surface area contributed by atoms with Crippen LogP contribution in [0.1, 0.15) is 48.8 Å². The topological polar surface area (TPSA) is 79.5 Å². The molecule has 0 spiro atoms. The van der Waals surface area contributed by atoms with Crippen LogP contribution >= 0.6 is 11.6 Å². The van der Waals surface area contributed by atoms with Gasteiger partial charge in [0.05, 0.1) is 16.0 Å². The van der Waals surface area contributed by atoms with Crippen molar-refractivity contribution < 1.29 is 33.0 Å². The van der Waals surface area contributed by atoms with Gasteiger partial charge in [0.1, 0.15) is 5.82 Å². The summed E-state index contributed by atoms with van der Waals surface area (Å²) in [5.41, 5.74) is -2.15. The molecule has 0 amide bonds. The first-order valence-corrected chi connectivity index (χ1v) is 10.2. The van der Waals surface area contributed by atoms with Crippen molar-refractivity contribution in [3.63, 3.8) is 0 Å². The first kappa shape index (κ1) is 23.7. The van der Waals surface area contributed by atoms with E-state index >= 15 is 4.39 Å². The van der Waals surface area contributed by atoms with E-state index in [0.29, 0.717) is 6.42 Å². The van der Waals surface area contributed by atoms with Crippen LogP contribution in [0.25, 0.3) is 10.9 Å². The molecule has 0 saturated carbocycles. The third-order valence-electron chi connectivity index (χ3n) is 6.29. The molecule has 5 nitrogen and oxygen atoms in total. The number of halogens is 4. The van der Waals surface area contributed by atoms with Crippen molar-refractivity contribution in [2.75, 3.05) is 0 Å². The van der Waals surface area contributed by atoms with Crippen molar-refractivity contribution in [3.8, 4) is 5.75 Å². The molecule has 9 heteroatoms. The van der Waals surface area contributed by atoms with Gasteiger partial charge in [-0.2, -0.15) is 0 Å². The summed E-state index contributed by atoms with van der Waals surface area (Å²) < 4.78 is 44.4. The number of hydrogen-bond acceptors (Lipinski definition) is 3. The Balaban J connectivity index is 2.49. The third kappa shape index (κ3) is 3.33. The maximum absolute atomic E-state index is 15.2. The minimum atomic E-state index is -1.68. The van der Waals surface area contributed by atoms with Gasteiger partial charge >= 0.3 is 5.97 Å². The number of phenolic OH excluding ortho intramolecular Hbond substituents is 1. The zero-order chi connectivity index (χ0) is 24.1. The molecule has 2 aromatic carbocycles. The summed E-state index contributed by atoms with van der Waals surface area (Å²) in [4.78, 5) is 25.7. The minimum Gasteiger partial charge on any atom is -0.503 e. The van der Waals surface area contributed by atoms with E-state index < -0.39 is 46.4 Å². The van der Waals surface area contributed by atoms with Crippen LogP contribution in [0.3, 0.4) is 0 Å². The lowest BCUT2D eigenvalue weighted by atomic mass is 9.70.